The Morgan fingerprint density at radius 3 is 2.40 bits per heavy atom. The lowest BCUT2D eigenvalue weighted by Crippen LogP contribution is -2.31. The number of amides is 3. The van der Waals surface area contributed by atoms with Gasteiger partial charge in [0.2, 0.25) is 17.7 Å². The first kappa shape index (κ1) is 22.8. The van der Waals surface area contributed by atoms with E-state index in [1.54, 1.807) is 35.2 Å². The van der Waals surface area contributed by atoms with Crippen LogP contribution in [0.3, 0.4) is 0 Å². The Morgan fingerprint density at radius 2 is 1.69 bits per heavy atom. The number of carbonyl (C=O) groups excluding carboxylic acids is 4. The van der Waals surface area contributed by atoms with Crippen molar-refractivity contribution in [1.82, 2.24) is 0 Å². The molecule has 0 aromatic heterocycles. The number of hydrogen-bond acceptors (Lipinski definition) is 6. The van der Waals surface area contributed by atoms with E-state index in [4.69, 9.17) is 9.47 Å². The second-order valence-electron chi connectivity index (χ2n) is 8.89. The molecular formula is C27H26N2O6. The number of nitrogens with zero attached hydrogens (tertiary/aromatic N) is 2. The maximum atomic E-state index is 12.9. The molecule has 8 nitrogen and oxygen atoms in total. The largest absolute Gasteiger partial charge is 0.492 e. The number of carbonyl (C=O) groups is 4. The monoisotopic (exact) mass is 474 g/mol. The van der Waals surface area contributed by atoms with E-state index < -0.39 is 11.9 Å². The number of anilines is 2. The molecule has 2 aromatic carbocycles. The molecule has 2 aliphatic heterocycles. The van der Waals surface area contributed by atoms with Crippen molar-refractivity contribution in [2.24, 2.45) is 17.8 Å². The fourth-order valence-electron chi connectivity index (χ4n) is 5.00. The molecule has 3 amide bonds. The second kappa shape index (κ2) is 9.37. The summed E-state index contributed by atoms with van der Waals surface area (Å²) in [6, 6.07) is 13.6. The Balaban J connectivity index is 1.29. The van der Waals surface area contributed by atoms with Gasteiger partial charge in [0.15, 0.2) is 0 Å². The lowest BCUT2D eigenvalue weighted by molar-refractivity contribution is -0.139. The summed E-state index contributed by atoms with van der Waals surface area (Å²) >= 11 is 0. The van der Waals surface area contributed by atoms with Gasteiger partial charge in [0, 0.05) is 19.0 Å². The molecule has 35 heavy (non-hydrogen) atoms. The molecule has 8 heteroatoms. The molecule has 0 bridgehead atoms. The smallest absolute Gasteiger partial charge is 0.316 e. The predicted molar refractivity (Wildman–Crippen MR) is 128 cm³/mol. The van der Waals surface area contributed by atoms with Gasteiger partial charge in [0.05, 0.1) is 35.7 Å². The minimum Gasteiger partial charge on any atom is -0.492 e. The summed E-state index contributed by atoms with van der Waals surface area (Å²) < 4.78 is 11.2. The number of imide groups is 1. The zero-order valence-electron chi connectivity index (χ0n) is 19.4. The van der Waals surface area contributed by atoms with Crippen molar-refractivity contribution in [2.45, 2.75) is 26.2 Å². The van der Waals surface area contributed by atoms with Crippen molar-refractivity contribution in [1.29, 1.82) is 0 Å². The Labute approximate surface area is 203 Å². The highest BCUT2D eigenvalue weighted by Crippen LogP contribution is 2.39. The molecule has 2 aromatic rings. The molecule has 0 saturated carbocycles. The molecule has 0 N–H and O–H groups in total. The van der Waals surface area contributed by atoms with Crippen LogP contribution in [-0.2, 0) is 19.2 Å². The number of ether oxygens (including phenoxy) is 2. The summed E-state index contributed by atoms with van der Waals surface area (Å²) in [5, 5.41) is 0. The fraction of sp³-hybridized carbons (Fsp3) is 0.333. The standard InChI is InChI=1S/C27H26N2O6/c1-2-34-23-13-6-5-12-22(23)28-16-17(14-24(28)30)27(33)35-19-9-7-8-18(15-19)29-25(31)20-10-3-4-11-21(20)26(29)32/h3-9,12-13,15,17,20-21H,2,10-11,14,16H2,1H3/t17-,20-,21-/m1/s1. The minimum atomic E-state index is -0.648. The fourth-order valence-corrected chi connectivity index (χ4v) is 5.00. The first-order valence-corrected chi connectivity index (χ1v) is 11.8. The van der Waals surface area contributed by atoms with E-state index in [1.807, 2.05) is 31.2 Å². The first-order chi connectivity index (χ1) is 17.0. The van der Waals surface area contributed by atoms with Gasteiger partial charge in [-0.25, -0.2) is 4.90 Å². The number of hydrogen-bond donors (Lipinski definition) is 0. The van der Waals surface area contributed by atoms with Crippen LogP contribution >= 0.6 is 0 Å². The lowest BCUT2D eigenvalue weighted by Gasteiger charge is -2.20. The summed E-state index contributed by atoms with van der Waals surface area (Å²) in [7, 11) is 0. The molecule has 2 fully saturated rings. The highest BCUT2D eigenvalue weighted by Gasteiger charge is 2.48. The van der Waals surface area contributed by atoms with Gasteiger partial charge in [0.1, 0.15) is 11.5 Å². The van der Waals surface area contributed by atoms with E-state index in [2.05, 4.69) is 0 Å². The Kier molecular flexibility index (Phi) is 6.11. The average Bonchev–Trinajstić information content (AvgIpc) is 3.37. The summed E-state index contributed by atoms with van der Waals surface area (Å²) in [6.07, 6.45) is 5.01. The van der Waals surface area contributed by atoms with Crippen LogP contribution in [0, 0.1) is 17.8 Å². The van der Waals surface area contributed by atoms with Gasteiger partial charge in [-0.2, -0.15) is 0 Å². The van der Waals surface area contributed by atoms with Gasteiger partial charge in [-0.3, -0.25) is 19.2 Å². The van der Waals surface area contributed by atoms with Crippen LogP contribution in [0.4, 0.5) is 11.4 Å². The first-order valence-electron chi connectivity index (χ1n) is 11.8. The highest BCUT2D eigenvalue weighted by molar-refractivity contribution is 6.22. The number of rotatable bonds is 6. The van der Waals surface area contributed by atoms with Crippen molar-refractivity contribution in [3.05, 3.63) is 60.7 Å². The Morgan fingerprint density at radius 1 is 0.971 bits per heavy atom. The van der Waals surface area contributed by atoms with Crippen LogP contribution in [-0.4, -0.2) is 36.8 Å². The van der Waals surface area contributed by atoms with E-state index in [0.717, 1.165) is 0 Å². The molecule has 2 heterocycles. The van der Waals surface area contributed by atoms with E-state index >= 15 is 0 Å². The topological polar surface area (TPSA) is 93.2 Å². The molecule has 5 rings (SSSR count). The quantitative estimate of drug-likeness (QED) is 0.275. The SMILES string of the molecule is CCOc1ccccc1N1C[C@H](C(=O)Oc2cccc(N3C(=O)[C@@H]4CC=CC[C@H]4C3=O)c2)CC1=O. The zero-order valence-corrected chi connectivity index (χ0v) is 19.4. The summed E-state index contributed by atoms with van der Waals surface area (Å²) in [4.78, 5) is 54.1. The van der Waals surface area contributed by atoms with Crippen LogP contribution < -0.4 is 19.3 Å². The van der Waals surface area contributed by atoms with Crippen molar-refractivity contribution in [3.63, 3.8) is 0 Å². The summed E-state index contributed by atoms with van der Waals surface area (Å²) in [5.74, 6) is -1.69. The molecule has 0 spiro atoms. The van der Waals surface area contributed by atoms with Gasteiger partial charge in [0.25, 0.3) is 0 Å². The number of esters is 1. The molecule has 2 saturated heterocycles. The lowest BCUT2D eigenvalue weighted by atomic mass is 9.85. The van der Waals surface area contributed by atoms with Crippen molar-refractivity contribution >= 4 is 35.1 Å². The number of fused-ring (bicyclic) bond motifs is 1. The molecule has 3 aliphatic rings. The maximum absolute atomic E-state index is 12.9. The summed E-state index contributed by atoms with van der Waals surface area (Å²) in [6.45, 7) is 2.51. The molecule has 0 unspecified atom stereocenters. The Hall–Kier alpha value is -3.94. The molecule has 1 aliphatic carbocycles. The van der Waals surface area contributed by atoms with Crippen LogP contribution in [0.5, 0.6) is 11.5 Å². The third kappa shape index (κ3) is 4.20. The summed E-state index contributed by atoms with van der Waals surface area (Å²) in [5.41, 5.74) is 1.01. The predicted octanol–water partition coefficient (Wildman–Crippen LogP) is 3.50. The molecule has 180 valence electrons. The number of benzene rings is 2. The Bertz CT molecular complexity index is 1200. The van der Waals surface area contributed by atoms with Gasteiger partial charge in [-0.15, -0.1) is 0 Å². The van der Waals surface area contributed by atoms with Crippen molar-refractivity contribution in [3.8, 4) is 11.5 Å². The van der Waals surface area contributed by atoms with E-state index in [1.165, 1.54) is 11.0 Å². The van der Waals surface area contributed by atoms with Gasteiger partial charge >= 0.3 is 5.97 Å². The average molecular weight is 475 g/mol. The third-order valence-corrected chi connectivity index (χ3v) is 6.72. The normalized spacial score (nSPS) is 23.6. The van der Waals surface area contributed by atoms with Crippen LogP contribution in [0.25, 0.3) is 0 Å². The van der Waals surface area contributed by atoms with Crippen LogP contribution in [0.1, 0.15) is 26.2 Å². The second-order valence-corrected chi connectivity index (χ2v) is 8.89. The van der Waals surface area contributed by atoms with Crippen molar-refractivity contribution < 1.29 is 28.7 Å². The highest BCUT2D eigenvalue weighted by atomic mass is 16.5. The van der Waals surface area contributed by atoms with Crippen LogP contribution in [0.15, 0.2) is 60.7 Å². The van der Waals surface area contributed by atoms with Gasteiger partial charge in [-0.05, 0) is 44.0 Å². The van der Waals surface area contributed by atoms with Crippen molar-refractivity contribution in [2.75, 3.05) is 23.0 Å². The van der Waals surface area contributed by atoms with E-state index in [-0.39, 0.29) is 48.3 Å². The van der Waals surface area contributed by atoms with Gasteiger partial charge in [-0.1, -0.05) is 30.4 Å². The molecule has 0 radical (unpaired) electrons. The van der Waals surface area contributed by atoms with E-state index in [0.29, 0.717) is 36.6 Å². The number of para-hydroxylation sites is 2. The van der Waals surface area contributed by atoms with Crippen LogP contribution in [0.2, 0.25) is 0 Å². The van der Waals surface area contributed by atoms with E-state index in [9.17, 15) is 19.2 Å². The molecule has 3 atom stereocenters. The zero-order chi connectivity index (χ0) is 24.5. The number of allylic oxidation sites excluding steroid dienone is 2. The molecular weight excluding hydrogens is 448 g/mol. The minimum absolute atomic E-state index is 0.0262. The third-order valence-electron chi connectivity index (χ3n) is 6.72. The van der Waals surface area contributed by atoms with Gasteiger partial charge < -0.3 is 14.4 Å². The maximum Gasteiger partial charge on any atom is 0.316 e.